The van der Waals surface area contributed by atoms with Crippen LogP contribution in [0.5, 0.6) is 11.5 Å². The normalized spacial score (nSPS) is 22.7. The summed E-state index contributed by atoms with van der Waals surface area (Å²) in [6.45, 7) is 0. The summed E-state index contributed by atoms with van der Waals surface area (Å²) in [5.41, 5.74) is 5.94. The summed E-state index contributed by atoms with van der Waals surface area (Å²) in [7, 11) is 3.41. The number of hydrogen-bond donors (Lipinski definition) is 0. The van der Waals surface area contributed by atoms with Gasteiger partial charge in [0.05, 0.1) is 14.2 Å². The molecule has 2 nitrogen and oxygen atoms in total. The Morgan fingerprint density at radius 2 is 1.69 bits per heavy atom. The number of hydrogen-bond acceptors (Lipinski definition) is 3. The van der Waals surface area contributed by atoms with Gasteiger partial charge >= 0.3 is 0 Å². The number of ether oxygens (including phenoxy) is 2. The monoisotopic (exact) mass is 366 g/mol. The summed E-state index contributed by atoms with van der Waals surface area (Å²) in [4.78, 5) is 0. The Kier molecular flexibility index (Phi) is 5.26. The Balaban J connectivity index is 1.75. The van der Waals surface area contributed by atoms with E-state index in [2.05, 4.69) is 54.2 Å². The molecule has 2 aliphatic rings. The van der Waals surface area contributed by atoms with Crippen molar-refractivity contribution in [3.63, 3.8) is 0 Å². The number of thioether (sulfide) groups is 1. The fraction of sp³-hybridized carbons (Fsp3) is 0.391. The van der Waals surface area contributed by atoms with Gasteiger partial charge in [-0.05, 0) is 54.5 Å². The number of benzene rings is 2. The summed E-state index contributed by atoms with van der Waals surface area (Å²) in [5.74, 6) is 1.62. The lowest BCUT2D eigenvalue weighted by Crippen LogP contribution is -2.21. The maximum atomic E-state index is 5.56. The van der Waals surface area contributed by atoms with Gasteiger partial charge in [-0.2, -0.15) is 0 Å². The molecule has 26 heavy (non-hydrogen) atoms. The molecule has 1 fully saturated rings. The highest BCUT2D eigenvalue weighted by Gasteiger charge is 2.32. The zero-order chi connectivity index (χ0) is 17.9. The average molecular weight is 367 g/mol. The lowest BCUT2D eigenvalue weighted by Gasteiger charge is -2.37. The van der Waals surface area contributed by atoms with E-state index in [-0.39, 0.29) is 0 Å². The van der Waals surface area contributed by atoms with Crippen molar-refractivity contribution in [1.82, 2.24) is 0 Å². The Morgan fingerprint density at radius 1 is 0.885 bits per heavy atom. The van der Waals surface area contributed by atoms with Crippen LogP contribution in [-0.4, -0.2) is 19.5 Å². The van der Waals surface area contributed by atoms with Gasteiger partial charge in [0.25, 0.3) is 0 Å². The third-order valence-electron chi connectivity index (χ3n) is 5.56. The molecule has 0 N–H and O–H groups in total. The van der Waals surface area contributed by atoms with Crippen molar-refractivity contribution in [1.29, 1.82) is 0 Å². The third-order valence-corrected chi connectivity index (χ3v) is 7.18. The highest BCUT2D eigenvalue weighted by Crippen LogP contribution is 2.52. The Labute approximate surface area is 160 Å². The summed E-state index contributed by atoms with van der Waals surface area (Å²) >= 11 is 2.17. The molecule has 4 rings (SSSR count). The van der Waals surface area contributed by atoms with Crippen LogP contribution in [0.1, 0.15) is 48.5 Å². The minimum atomic E-state index is 0.533. The lowest BCUT2D eigenvalue weighted by atomic mass is 9.84. The fourth-order valence-corrected chi connectivity index (χ4v) is 5.93. The SMILES string of the molecule is COc1ccc(C2=C3CCCCC3SC(c3ccccc3)C2)cc1OC. The van der Waals surface area contributed by atoms with Gasteiger partial charge in [0.1, 0.15) is 0 Å². The van der Waals surface area contributed by atoms with E-state index in [0.717, 1.165) is 17.9 Å². The van der Waals surface area contributed by atoms with Crippen molar-refractivity contribution in [2.24, 2.45) is 0 Å². The zero-order valence-electron chi connectivity index (χ0n) is 15.5. The number of methoxy groups -OCH3 is 2. The van der Waals surface area contributed by atoms with Gasteiger partial charge in [-0.15, -0.1) is 11.8 Å². The molecule has 0 bridgehead atoms. The molecule has 1 saturated carbocycles. The van der Waals surface area contributed by atoms with Gasteiger partial charge in [-0.1, -0.05) is 48.4 Å². The average Bonchev–Trinajstić information content (AvgIpc) is 2.73. The van der Waals surface area contributed by atoms with Crippen LogP contribution in [0.3, 0.4) is 0 Å². The maximum absolute atomic E-state index is 5.56. The smallest absolute Gasteiger partial charge is 0.161 e. The molecule has 136 valence electrons. The van der Waals surface area contributed by atoms with Crippen molar-refractivity contribution in [2.75, 3.05) is 14.2 Å². The zero-order valence-corrected chi connectivity index (χ0v) is 16.4. The van der Waals surface area contributed by atoms with Gasteiger partial charge in [-0.25, -0.2) is 0 Å². The number of rotatable bonds is 4. The van der Waals surface area contributed by atoms with Crippen LogP contribution in [0.2, 0.25) is 0 Å². The molecule has 0 amide bonds. The Morgan fingerprint density at radius 3 is 2.46 bits per heavy atom. The van der Waals surface area contributed by atoms with Crippen molar-refractivity contribution in [3.05, 3.63) is 65.2 Å². The van der Waals surface area contributed by atoms with E-state index in [9.17, 15) is 0 Å². The predicted octanol–water partition coefficient (Wildman–Crippen LogP) is 6.28. The first-order chi connectivity index (χ1) is 12.8. The summed E-state index contributed by atoms with van der Waals surface area (Å²) in [6, 6.07) is 17.4. The lowest BCUT2D eigenvalue weighted by molar-refractivity contribution is 0.355. The molecule has 2 aromatic carbocycles. The van der Waals surface area contributed by atoms with E-state index >= 15 is 0 Å². The maximum Gasteiger partial charge on any atom is 0.161 e. The molecule has 0 spiro atoms. The highest BCUT2D eigenvalue weighted by atomic mass is 32.2. The minimum absolute atomic E-state index is 0.533. The van der Waals surface area contributed by atoms with Gasteiger partial charge < -0.3 is 9.47 Å². The van der Waals surface area contributed by atoms with Crippen molar-refractivity contribution in [2.45, 2.75) is 42.6 Å². The second-order valence-electron chi connectivity index (χ2n) is 7.05. The molecule has 3 heteroatoms. The first kappa shape index (κ1) is 17.5. The first-order valence-corrected chi connectivity index (χ1v) is 10.4. The molecule has 0 aromatic heterocycles. The number of fused-ring (bicyclic) bond motifs is 1. The second-order valence-corrected chi connectivity index (χ2v) is 8.46. The van der Waals surface area contributed by atoms with Gasteiger partial charge in [0, 0.05) is 10.5 Å². The summed E-state index contributed by atoms with van der Waals surface area (Å²) < 4.78 is 11.0. The molecule has 1 aliphatic heterocycles. The van der Waals surface area contributed by atoms with E-state index in [1.54, 1.807) is 19.8 Å². The largest absolute Gasteiger partial charge is 0.493 e. The van der Waals surface area contributed by atoms with Gasteiger partial charge in [-0.3, -0.25) is 0 Å². The quantitative estimate of drug-likeness (QED) is 0.634. The predicted molar refractivity (Wildman–Crippen MR) is 110 cm³/mol. The highest BCUT2D eigenvalue weighted by molar-refractivity contribution is 8.00. The van der Waals surface area contributed by atoms with Crippen LogP contribution in [0.25, 0.3) is 5.57 Å². The molecule has 0 radical (unpaired) electrons. The summed E-state index contributed by atoms with van der Waals surface area (Å²) in [5, 5.41) is 1.19. The number of allylic oxidation sites excluding steroid dienone is 1. The standard InChI is InChI=1S/C23H26O2S/c1-24-20-13-12-17(14-21(20)25-2)19-15-23(16-8-4-3-5-9-16)26-22-11-7-6-10-18(19)22/h3-5,8-9,12-14,22-23H,6-7,10-11,15H2,1-2H3. The molecule has 2 atom stereocenters. The molecular formula is C23H26O2S. The molecule has 1 heterocycles. The van der Waals surface area contributed by atoms with Crippen LogP contribution >= 0.6 is 11.8 Å². The van der Waals surface area contributed by atoms with Gasteiger partial charge in [0.15, 0.2) is 11.5 Å². The van der Waals surface area contributed by atoms with E-state index in [1.807, 2.05) is 6.07 Å². The van der Waals surface area contributed by atoms with E-state index < -0.39 is 0 Å². The van der Waals surface area contributed by atoms with Crippen molar-refractivity contribution < 1.29 is 9.47 Å². The minimum Gasteiger partial charge on any atom is -0.493 e. The van der Waals surface area contributed by atoms with Crippen LogP contribution in [0.4, 0.5) is 0 Å². The molecule has 2 unspecified atom stereocenters. The third kappa shape index (κ3) is 3.37. The van der Waals surface area contributed by atoms with Crippen LogP contribution < -0.4 is 9.47 Å². The molecule has 0 saturated heterocycles. The molecule has 2 aromatic rings. The van der Waals surface area contributed by atoms with E-state index in [1.165, 1.54) is 42.4 Å². The topological polar surface area (TPSA) is 18.5 Å². The van der Waals surface area contributed by atoms with E-state index in [0.29, 0.717) is 10.5 Å². The molecule has 1 aliphatic carbocycles. The van der Waals surface area contributed by atoms with Crippen LogP contribution in [0.15, 0.2) is 54.1 Å². The van der Waals surface area contributed by atoms with Crippen molar-refractivity contribution >= 4 is 17.3 Å². The van der Waals surface area contributed by atoms with Crippen molar-refractivity contribution in [3.8, 4) is 11.5 Å². The van der Waals surface area contributed by atoms with Gasteiger partial charge in [0.2, 0.25) is 0 Å². The Bertz CT molecular complexity index is 797. The summed E-state index contributed by atoms with van der Waals surface area (Å²) in [6.07, 6.45) is 6.31. The van der Waals surface area contributed by atoms with Crippen LogP contribution in [0, 0.1) is 0 Å². The van der Waals surface area contributed by atoms with Crippen LogP contribution in [-0.2, 0) is 0 Å². The molecular weight excluding hydrogens is 340 g/mol. The van der Waals surface area contributed by atoms with E-state index in [4.69, 9.17) is 9.47 Å². The fourth-order valence-electron chi connectivity index (χ4n) is 4.23. The Hall–Kier alpha value is -1.87. The first-order valence-electron chi connectivity index (χ1n) is 9.45. The second kappa shape index (κ2) is 7.79.